The van der Waals surface area contributed by atoms with Gasteiger partial charge in [-0.05, 0) is 6.42 Å². The van der Waals surface area contributed by atoms with E-state index in [-0.39, 0.29) is 6.04 Å². The molecule has 4 heteroatoms. The van der Waals surface area contributed by atoms with E-state index in [1.54, 1.807) is 6.08 Å². The van der Waals surface area contributed by atoms with Gasteiger partial charge in [0.15, 0.2) is 5.82 Å². The fourth-order valence-electron chi connectivity index (χ4n) is 1.45. The molecule has 1 heterocycles. The molecular formula is C12H14N4. The summed E-state index contributed by atoms with van der Waals surface area (Å²) in [7, 11) is 0. The lowest BCUT2D eigenvalue weighted by atomic mass is 10.2. The van der Waals surface area contributed by atoms with Gasteiger partial charge in [0.1, 0.15) is 5.82 Å². The third-order valence-corrected chi connectivity index (χ3v) is 2.31. The highest BCUT2D eigenvalue weighted by molar-refractivity contribution is 5.53. The van der Waals surface area contributed by atoms with Crippen molar-refractivity contribution in [2.75, 3.05) is 0 Å². The second-order valence-electron chi connectivity index (χ2n) is 3.54. The van der Waals surface area contributed by atoms with Gasteiger partial charge in [-0.2, -0.15) is 5.10 Å². The summed E-state index contributed by atoms with van der Waals surface area (Å²) in [6, 6.07) is 9.63. The average molecular weight is 214 g/mol. The van der Waals surface area contributed by atoms with E-state index in [9.17, 15) is 0 Å². The number of hydrogen-bond acceptors (Lipinski definition) is 3. The zero-order valence-electron chi connectivity index (χ0n) is 8.93. The maximum absolute atomic E-state index is 5.89. The highest BCUT2D eigenvalue weighted by atomic mass is 15.2. The lowest BCUT2D eigenvalue weighted by Gasteiger charge is -2.02. The predicted molar refractivity (Wildman–Crippen MR) is 63.6 cm³/mol. The van der Waals surface area contributed by atoms with Crippen molar-refractivity contribution in [3.05, 3.63) is 48.8 Å². The first kappa shape index (κ1) is 10.6. The molecule has 3 N–H and O–H groups in total. The van der Waals surface area contributed by atoms with Gasteiger partial charge in [0.2, 0.25) is 0 Å². The van der Waals surface area contributed by atoms with Crippen LogP contribution in [0.25, 0.3) is 11.4 Å². The maximum Gasteiger partial charge on any atom is 0.181 e. The molecule has 1 aromatic carbocycles. The van der Waals surface area contributed by atoms with E-state index in [0.717, 1.165) is 5.56 Å². The van der Waals surface area contributed by atoms with Crippen LogP contribution in [0.15, 0.2) is 43.0 Å². The molecular weight excluding hydrogens is 200 g/mol. The summed E-state index contributed by atoms with van der Waals surface area (Å²) in [6.45, 7) is 3.65. The van der Waals surface area contributed by atoms with Gasteiger partial charge in [-0.1, -0.05) is 36.4 Å². The van der Waals surface area contributed by atoms with E-state index in [1.165, 1.54) is 0 Å². The van der Waals surface area contributed by atoms with Gasteiger partial charge in [-0.3, -0.25) is 5.10 Å². The van der Waals surface area contributed by atoms with Crippen LogP contribution in [0.5, 0.6) is 0 Å². The van der Waals surface area contributed by atoms with Gasteiger partial charge in [0.25, 0.3) is 0 Å². The predicted octanol–water partition coefficient (Wildman–Crippen LogP) is 2.05. The number of aromatic nitrogens is 3. The highest BCUT2D eigenvalue weighted by Crippen LogP contribution is 2.16. The molecule has 1 atom stereocenters. The normalized spacial score (nSPS) is 12.3. The summed E-state index contributed by atoms with van der Waals surface area (Å²) in [5.41, 5.74) is 6.87. The molecule has 0 aliphatic rings. The van der Waals surface area contributed by atoms with Crippen LogP contribution in [0.4, 0.5) is 0 Å². The summed E-state index contributed by atoms with van der Waals surface area (Å²) in [5.74, 6) is 1.37. The van der Waals surface area contributed by atoms with Crippen molar-refractivity contribution in [1.29, 1.82) is 0 Å². The molecule has 0 spiro atoms. The summed E-state index contributed by atoms with van der Waals surface area (Å²) in [6.07, 6.45) is 2.46. The number of aromatic amines is 1. The molecule has 2 aromatic rings. The fourth-order valence-corrected chi connectivity index (χ4v) is 1.45. The van der Waals surface area contributed by atoms with Crippen molar-refractivity contribution in [3.63, 3.8) is 0 Å². The lowest BCUT2D eigenvalue weighted by molar-refractivity contribution is 0.686. The lowest BCUT2D eigenvalue weighted by Crippen LogP contribution is -2.10. The molecule has 0 aliphatic heterocycles. The molecule has 0 bridgehead atoms. The van der Waals surface area contributed by atoms with Crippen molar-refractivity contribution in [2.24, 2.45) is 5.73 Å². The van der Waals surface area contributed by atoms with Crippen LogP contribution in [0.2, 0.25) is 0 Å². The molecule has 0 amide bonds. The minimum Gasteiger partial charge on any atom is -0.321 e. The van der Waals surface area contributed by atoms with Crippen LogP contribution >= 0.6 is 0 Å². The van der Waals surface area contributed by atoms with E-state index in [1.807, 2.05) is 30.3 Å². The first-order valence-electron chi connectivity index (χ1n) is 5.15. The van der Waals surface area contributed by atoms with Crippen LogP contribution in [-0.4, -0.2) is 15.2 Å². The summed E-state index contributed by atoms with van der Waals surface area (Å²) < 4.78 is 0. The summed E-state index contributed by atoms with van der Waals surface area (Å²) >= 11 is 0. The molecule has 1 unspecified atom stereocenters. The monoisotopic (exact) mass is 214 g/mol. The van der Waals surface area contributed by atoms with Crippen molar-refractivity contribution < 1.29 is 0 Å². The Morgan fingerprint density at radius 1 is 1.38 bits per heavy atom. The van der Waals surface area contributed by atoms with Gasteiger partial charge < -0.3 is 5.73 Å². The number of nitrogens with zero attached hydrogens (tertiary/aromatic N) is 2. The minimum atomic E-state index is -0.164. The third-order valence-electron chi connectivity index (χ3n) is 2.31. The number of nitrogens with one attached hydrogen (secondary N) is 1. The molecule has 82 valence electrons. The first-order chi connectivity index (χ1) is 7.81. The van der Waals surface area contributed by atoms with Gasteiger partial charge in [-0.25, -0.2) is 4.98 Å². The van der Waals surface area contributed by atoms with Gasteiger partial charge in [0, 0.05) is 5.56 Å². The Kier molecular flexibility index (Phi) is 3.12. The van der Waals surface area contributed by atoms with Crippen molar-refractivity contribution in [3.8, 4) is 11.4 Å². The highest BCUT2D eigenvalue weighted by Gasteiger charge is 2.10. The zero-order chi connectivity index (χ0) is 11.4. The average Bonchev–Trinajstić information content (AvgIpc) is 2.80. The molecule has 1 aromatic heterocycles. The molecule has 4 nitrogen and oxygen atoms in total. The second kappa shape index (κ2) is 4.72. The molecule has 0 fully saturated rings. The third kappa shape index (κ3) is 2.17. The van der Waals surface area contributed by atoms with Gasteiger partial charge in [0.05, 0.1) is 6.04 Å². The van der Waals surface area contributed by atoms with E-state index in [2.05, 4.69) is 21.8 Å². The molecule has 0 radical (unpaired) electrons. The fraction of sp³-hybridized carbons (Fsp3) is 0.167. The molecule has 2 rings (SSSR count). The molecule has 0 saturated carbocycles. The smallest absolute Gasteiger partial charge is 0.181 e. The number of rotatable bonds is 4. The first-order valence-corrected chi connectivity index (χ1v) is 5.15. The van der Waals surface area contributed by atoms with Crippen molar-refractivity contribution >= 4 is 0 Å². The number of benzene rings is 1. The Balaban J connectivity index is 2.23. The molecule has 0 saturated heterocycles. The van der Waals surface area contributed by atoms with Gasteiger partial charge in [-0.15, -0.1) is 6.58 Å². The van der Waals surface area contributed by atoms with E-state index in [0.29, 0.717) is 18.1 Å². The van der Waals surface area contributed by atoms with E-state index < -0.39 is 0 Å². The Hall–Kier alpha value is -1.94. The Bertz CT molecular complexity index is 461. The van der Waals surface area contributed by atoms with Crippen molar-refractivity contribution in [1.82, 2.24) is 15.2 Å². The van der Waals surface area contributed by atoms with Crippen LogP contribution in [-0.2, 0) is 0 Å². The Morgan fingerprint density at radius 3 is 2.81 bits per heavy atom. The number of H-pyrrole nitrogens is 1. The second-order valence-corrected chi connectivity index (χ2v) is 3.54. The quantitative estimate of drug-likeness (QED) is 0.765. The van der Waals surface area contributed by atoms with Crippen LogP contribution in [0.1, 0.15) is 18.3 Å². The number of hydrogen-bond donors (Lipinski definition) is 2. The topological polar surface area (TPSA) is 67.6 Å². The molecule has 16 heavy (non-hydrogen) atoms. The van der Waals surface area contributed by atoms with Crippen molar-refractivity contribution in [2.45, 2.75) is 12.5 Å². The summed E-state index contributed by atoms with van der Waals surface area (Å²) in [4.78, 5) is 4.36. The molecule has 0 aliphatic carbocycles. The maximum atomic E-state index is 5.89. The van der Waals surface area contributed by atoms with Gasteiger partial charge >= 0.3 is 0 Å². The minimum absolute atomic E-state index is 0.164. The largest absolute Gasteiger partial charge is 0.321 e. The van der Waals surface area contributed by atoms with Crippen LogP contribution in [0, 0.1) is 0 Å². The van der Waals surface area contributed by atoms with E-state index in [4.69, 9.17) is 5.73 Å². The number of nitrogens with two attached hydrogens (primary N) is 1. The van der Waals surface area contributed by atoms with Crippen LogP contribution < -0.4 is 5.73 Å². The standard InChI is InChI=1S/C12H14N4/c1-2-6-10(13)12-14-11(15-16-12)9-7-4-3-5-8-9/h2-5,7-8,10H,1,6,13H2,(H,14,15,16). The summed E-state index contributed by atoms with van der Waals surface area (Å²) in [5, 5.41) is 6.99. The SMILES string of the molecule is C=CCC(N)c1nc(-c2ccccc2)n[nH]1. The van der Waals surface area contributed by atoms with E-state index >= 15 is 0 Å². The zero-order valence-corrected chi connectivity index (χ0v) is 8.93. The Morgan fingerprint density at radius 2 is 2.12 bits per heavy atom. The van der Waals surface area contributed by atoms with Crippen LogP contribution in [0.3, 0.4) is 0 Å². The Labute approximate surface area is 94.2 Å².